The average Bonchev–Trinajstić information content (AvgIpc) is 2.44. The van der Waals surface area contributed by atoms with Crippen molar-refractivity contribution in [3.63, 3.8) is 0 Å². The van der Waals surface area contributed by atoms with Crippen LogP contribution in [0.4, 0.5) is 0 Å². The predicted octanol–water partition coefficient (Wildman–Crippen LogP) is 1.46. The van der Waals surface area contributed by atoms with Gasteiger partial charge in [0.25, 0.3) is 0 Å². The lowest BCUT2D eigenvalue weighted by Crippen LogP contribution is -2.42. The summed E-state index contributed by atoms with van der Waals surface area (Å²) in [5, 5.41) is 9.79. The van der Waals surface area contributed by atoms with E-state index in [2.05, 4.69) is 11.9 Å². The van der Waals surface area contributed by atoms with Gasteiger partial charge >= 0.3 is 0 Å². The van der Waals surface area contributed by atoms with Crippen molar-refractivity contribution >= 4 is 0 Å². The lowest BCUT2D eigenvalue weighted by Gasteiger charge is -2.30. The molecular formula is C15H23NO4. The molecule has 0 saturated carbocycles. The predicted molar refractivity (Wildman–Crippen MR) is 76.4 cm³/mol. The highest BCUT2D eigenvalue weighted by molar-refractivity contribution is 5.41. The fourth-order valence-corrected chi connectivity index (χ4v) is 2.26. The van der Waals surface area contributed by atoms with Gasteiger partial charge in [-0.25, -0.2) is 0 Å². The van der Waals surface area contributed by atoms with Gasteiger partial charge in [-0.1, -0.05) is 0 Å². The monoisotopic (exact) mass is 281 g/mol. The maximum Gasteiger partial charge on any atom is 0.128 e. The van der Waals surface area contributed by atoms with E-state index in [1.54, 1.807) is 20.1 Å². The Labute approximate surface area is 120 Å². The van der Waals surface area contributed by atoms with E-state index < -0.39 is 6.10 Å². The fourth-order valence-electron chi connectivity index (χ4n) is 2.26. The van der Waals surface area contributed by atoms with E-state index in [0.29, 0.717) is 18.1 Å². The molecule has 0 amide bonds. The summed E-state index contributed by atoms with van der Waals surface area (Å²) in [4.78, 5) is 2.22. The van der Waals surface area contributed by atoms with E-state index in [9.17, 15) is 5.11 Å². The first-order chi connectivity index (χ1) is 9.60. The molecule has 5 heteroatoms. The summed E-state index contributed by atoms with van der Waals surface area (Å²) >= 11 is 0. The lowest BCUT2D eigenvalue weighted by atomic mass is 10.1. The van der Waals surface area contributed by atoms with Crippen molar-refractivity contribution in [1.29, 1.82) is 0 Å². The van der Waals surface area contributed by atoms with Crippen LogP contribution in [0.2, 0.25) is 0 Å². The zero-order valence-electron chi connectivity index (χ0n) is 12.3. The van der Waals surface area contributed by atoms with Crippen molar-refractivity contribution < 1.29 is 19.3 Å². The topological polar surface area (TPSA) is 51.2 Å². The first-order valence-corrected chi connectivity index (χ1v) is 6.89. The summed E-state index contributed by atoms with van der Waals surface area (Å²) in [6.07, 6.45) is -0.521. The number of ether oxygens (including phenoxy) is 3. The van der Waals surface area contributed by atoms with Gasteiger partial charge in [0.2, 0.25) is 0 Å². The van der Waals surface area contributed by atoms with Crippen LogP contribution in [0.1, 0.15) is 18.6 Å². The second kappa shape index (κ2) is 6.92. The number of methoxy groups -OCH3 is 1. The first kappa shape index (κ1) is 15.1. The van der Waals surface area contributed by atoms with Gasteiger partial charge in [0, 0.05) is 24.7 Å². The Kier molecular flexibility index (Phi) is 5.23. The van der Waals surface area contributed by atoms with E-state index in [4.69, 9.17) is 14.2 Å². The molecule has 1 N–H and O–H groups in total. The highest BCUT2D eigenvalue weighted by Gasteiger charge is 2.19. The molecule has 0 aromatic heterocycles. The van der Waals surface area contributed by atoms with Gasteiger partial charge in [-0.05, 0) is 26.1 Å². The number of morpholine rings is 1. The standard InChI is InChI=1S/C15H23NO4/c1-11(17)14-5-4-12(18-3)8-15(14)20-10-13-9-16(2)6-7-19-13/h4-5,8,11,13,17H,6-7,9-10H2,1-3H3/t11-,13?/m1/s1. The van der Waals surface area contributed by atoms with Gasteiger partial charge < -0.3 is 24.2 Å². The van der Waals surface area contributed by atoms with Gasteiger partial charge in [0.05, 0.1) is 19.8 Å². The second-order valence-electron chi connectivity index (χ2n) is 5.15. The van der Waals surface area contributed by atoms with Crippen molar-refractivity contribution in [1.82, 2.24) is 4.90 Å². The zero-order chi connectivity index (χ0) is 14.5. The molecule has 0 aliphatic carbocycles. The first-order valence-electron chi connectivity index (χ1n) is 6.89. The Hall–Kier alpha value is -1.30. The van der Waals surface area contributed by atoms with Crippen molar-refractivity contribution in [2.24, 2.45) is 0 Å². The molecule has 20 heavy (non-hydrogen) atoms. The van der Waals surface area contributed by atoms with E-state index in [1.165, 1.54) is 0 Å². The maximum atomic E-state index is 9.79. The van der Waals surface area contributed by atoms with Crippen molar-refractivity contribution in [3.8, 4) is 11.5 Å². The van der Waals surface area contributed by atoms with Crippen LogP contribution in [0, 0.1) is 0 Å². The molecule has 1 aromatic carbocycles. The van der Waals surface area contributed by atoms with E-state index >= 15 is 0 Å². The number of aliphatic hydroxyl groups excluding tert-OH is 1. The Morgan fingerprint density at radius 3 is 2.95 bits per heavy atom. The summed E-state index contributed by atoms with van der Waals surface area (Å²) in [5.74, 6) is 1.36. The van der Waals surface area contributed by atoms with Crippen LogP contribution >= 0.6 is 0 Å². The normalized spacial score (nSPS) is 21.5. The van der Waals surface area contributed by atoms with Gasteiger partial charge in [0.1, 0.15) is 24.2 Å². The molecule has 1 fully saturated rings. The molecule has 5 nitrogen and oxygen atoms in total. The highest BCUT2D eigenvalue weighted by Crippen LogP contribution is 2.29. The zero-order valence-corrected chi connectivity index (χ0v) is 12.3. The average molecular weight is 281 g/mol. The molecule has 1 aliphatic rings. The summed E-state index contributed by atoms with van der Waals surface area (Å²) < 4.78 is 16.7. The van der Waals surface area contributed by atoms with Gasteiger partial charge in [-0.3, -0.25) is 0 Å². The van der Waals surface area contributed by atoms with Crippen LogP contribution in [0.5, 0.6) is 11.5 Å². The molecule has 0 spiro atoms. The molecule has 1 saturated heterocycles. The van der Waals surface area contributed by atoms with E-state index in [0.717, 1.165) is 25.3 Å². The summed E-state index contributed by atoms with van der Waals surface area (Å²) in [6.45, 7) is 4.73. The molecule has 2 atom stereocenters. The molecule has 1 heterocycles. The minimum Gasteiger partial charge on any atom is -0.497 e. The van der Waals surface area contributed by atoms with Crippen LogP contribution < -0.4 is 9.47 Å². The minimum atomic E-state index is -0.578. The number of nitrogens with zero attached hydrogens (tertiary/aromatic N) is 1. The van der Waals surface area contributed by atoms with Crippen molar-refractivity contribution in [3.05, 3.63) is 23.8 Å². The quantitative estimate of drug-likeness (QED) is 0.885. The van der Waals surface area contributed by atoms with Crippen LogP contribution in [0.3, 0.4) is 0 Å². The van der Waals surface area contributed by atoms with E-state index in [1.807, 2.05) is 12.1 Å². The molecule has 0 radical (unpaired) electrons. The SMILES string of the molecule is COc1ccc([C@@H](C)O)c(OCC2CN(C)CCO2)c1. The lowest BCUT2D eigenvalue weighted by molar-refractivity contribution is -0.0407. The summed E-state index contributed by atoms with van der Waals surface area (Å²) in [7, 11) is 3.68. The molecule has 2 rings (SSSR count). The molecule has 0 bridgehead atoms. The second-order valence-corrected chi connectivity index (χ2v) is 5.15. The van der Waals surface area contributed by atoms with Crippen molar-refractivity contribution in [2.45, 2.75) is 19.1 Å². The minimum absolute atomic E-state index is 0.0572. The summed E-state index contributed by atoms with van der Waals surface area (Å²) in [5.41, 5.74) is 0.759. The van der Waals surface area contributed by atoms with Crippen LogP contribution in [0.15, 0.2) is 18.2 Å². The maximum absolute atomic E-state index is 9.79. The number of hydrogen-bond donors (Lipinski definition) is 1. The molecule has 1 aromatic rings. The molecular weight excluding hydrogens is 258 g/mol. The Morgan fingerprint density at radius 2 is 2.30 bits per heavy atom. The largest absolute Gasteiger partial charge is 0.497 e. The van der Waals surface area contributed by atoms with Gasteiger partial charge in [-0.15, -0.1) is 0 Å². The summed E-state index contributed by atoms with van der Waals surface area (Å²) in [6, 6.07) is 5.45. The van der Waals surface area contributed by atoms with Gasteiger partial charge in [0.15, 0.2) is 0 Å². The fraction of sp³-hybridized carbons (Fsp3) is 0.600. The Bertz CT molecular complexity index is 436. The number of aliphatic hydroxyl groups is 1. The third-order valence-electron chi connectivity index (χ3n) is 3.44. The Balaban J connectivity index is 2.03. The van der Waals surface area contributed by atoms with Crippen molar-refractivity contribution in [2.75, 3.05) is 40.5 Å². The van der Waals surface area contributed by atoms with E-state index in [-0.39, 0.29) is 6.10 Å². The smallest absolute Gasteiger partial charge is 0.128 e. The van der Waals surface area contributed by atoms with Crippen LogP contribution in [-0.2, 0) is 4.74 Å². The third kappa shape index (κ3) is 3.85. The van der Waals surface area contributed by atoms with Crippen LogP contribution in [-0.4, -0.2) is 56.6 Å². The van der Waals surface area contributed by atoms with Gasteiger partial charge in [-0.2, -0.15) is 0 Å². The Morgan fingerprint density at radius 1 is 1.50 bits per heavy atom. The molecule has 1 aliphatic heterocycles. The molecule has 1 unspecified atom stereocenters. The number of hydrogen-bond acceptors (Lipinski definition) is 5. The van der Waals surface area contributed by atoms with Crippen LogP contribution in [0.25, 0.3) is 0 Å². The number of likely N-dealkylation sites (N-methyl/N-ethyl adjacent to an activating group) is 1. The highest BCUT2D eigenvalue weighted by atomic mass is 16.5. The third-order valence-corrected chi connectivity index (χ3v) is 3.44. The molecule has 112 valence electrons. The number of benzene rings is 1. The number of rotatable bonds is 5.